The summed E-state index contributed by atoms with van der Waals surface area (Å²) in [6.45, 7) is 6.64. The van der Waals surface area contributed by atoms with Crippen LogP contribution in [-0.2, 0) is 4.79 Å². The van der Waals surface area contributed by atoms with E-state index >= 15 is 0 Å². The van der Waals surface area contributed by atoms with Crippen molar-refractivity contribution in [1.29, 1.82) is 0 Å². The molecule has 5 heteroatoms. The van der Waals surface area contributed by atoms with E-state index in [-0.39, 0.29) is 12.5 Å². The highest BCUT2D eigenvalue weighted by atomic mass is 35.5. The predicted octanol–water partition coefficient (Wildman–Crippen LogP) is 5.93. The maximum atomic E-state index is 12.2. The Kier molecular flexibility index (Phi) is 8.46. The normalized spacial score (nSPS) is 10.5. The zero-order chi connectivity index (χ0) is 19.6. The summed E-state index contributed by atoms with van der Waals surface area (Å²) in [5.41, 5.74) is 2.55. The highest BCUT2D eigenvalue weighted by Gasteiger charge is 2.07. The standard InChI is InChI=1S/C22H28ClNO3/c1-4-5-6-7-11-26-19-10-8-9-18(14-19)24-21(25)15-27-20-12-16(2)22(23)17(3)13-20/h8-10,12-14H,4-7,11,15H2,1-3H3,(H,24,25). The lowest BCUT2D eigenvalue weighted by atomic mass is 10.1. The number of anilines is 1. The zero-order valence-electron chi connectivity index (χ0n) is 16.3. The zero-order valence-corrected chi connectivity index (χ0v) is 17.1. The fourth-order valence-electron chi connectivity index (χ4n) is 2.72. The van der Waals surface area contributed by atoms with Crippen LogP contribution in [0.2, 0.25) is 5.02 Å². The Hall–Kier alpha value is -2.20. The maximum absolute atomic E-state index is 12.2. The lowest BCUT2D eigenvalue weighted by molar-refractivity contribution is -0.118. The highest BCUT2D eigenvalue weighted by molar-refractivity contribution is 6.32. The minimum absolute atomic E-state index is 0.0669. The summed E-state index contributed by atoms with van der Waals surface area (Å²) in [6, 6.07) is 11.1. The molecule has 0 radical (unpaired) electrons. The quantitative estimate of drug-likeness (QED) is 0.512. The summed E-state index contributed by atoms with van der Waals surface area (Å²) in [4.78, 5) is 12.2. The minimum atomic E-state index is -0.222. The van der Waals surface area contributed by atoms with E-state index in [0.717, 1.165) is 28.3 Å². The fourth-order valence-corrected chi connectivity index (χ4v) is 2.83. The Bertz CT molecular complexity index is 738. The van der Waals surface area contributed by atoms with Crippen molar-refractivity contribution in [2.75, 3.05) is 18.5 Å². The molecule has 0 saturated carbocycles. The van der Waals surface area contributed by atoms with E-state index in [2.05, 4.69) is 12.2 Å². The number of amides is 1. The van der Waals surface area contributed by atoms with Crippen LogP contribution < -0.4 is 14.8 Å². The lowest BCUT2D eigenvalue weighted by Crippen LogP contribution is -2.20. The van der Waals surface area contributed by atoms with Crippen LogP contribution in [0.4, 0.5) is 5.69 Å². The second-order valence-corrected chi connectivity index (χ2v) is 7.02. The molecular formula is C22H28ClNO3. The van der Waals surface area contributed by atoms with Crippen LogP contribution in [-0.4, -0.2) is 19.1 Å². The molecule has 0 bridgehead atoms. The van der Waals surface area contributed by atoms with Crippen molar-refractivity contribution in [2.45, 2.75) is 46.5 Å². The first-order valence-corrected chi connectivity index (χ1v) is 9.79. The fraction of sp³-hybridized carbons (Fsp3) is 0.409. The molecule has 0 fully saturated rings. The molecule has 0 aliphatic rings. The van der Waals surface area contributed by atoms with E-state index in [1.807, 2.05) is 50.2 Å². The number of carbonyl (C=O) groups excluding carboxylic acids is 1. The summed E-state index contributed by atoms with van der Waals surface area (Å²) in [5.74, 6) is 1.17. The van der Waals surface area contributed by atoms with E-state index in [9.17, 15) is 4.79 Å². The summed E-state index contributed by atoms with van der Waals surface area (Å²) in [7, 11) is 0. The number of unbranched alkanes of at least 4 members (excludes halogenated alkanes) is 3. The number of nitrogens with one attached hydrogen (secondary N) is 1. The molecule has 0 aliphatic carbocycles. The summed E-state index contributed by atoms with van der Waals surface area (Å²) >= 11 is 6.15. The molecule has 0 saturated heterocycles. The third-order valence-electron chi connectivity index (χ3n) is 4.16. The Morgan fingerprint density at radius 2 is 1.74 bits per heavy atom. The smallest absolute Gasteiger partial charge is 0.262 e. The Labute approximate surface area is 166 Å². The average molecular weight is 390 g/mol. The van der Waals surface area contributed by atoms with Crippen LogP contribution in [0.1, 0.15) is 43.7 Å². The van der Waals surface area contributed by atoms with Gasteiger partial charge >= 0.3 is 0 Å². The Morgan fingerprint density at radius 3 is 2.44 bits per heavy atom. The third kappa shape index (κ3) is 7.14. The topological polar surface area (TPSA) is 47.6 Å². The van der Waals surface area contributed by atoms with Gasteiger partial charge in [-0.2, -0.15) is 0 Å². The first-order chi connectivity index (χ1) is 13.0. The summed E-state index contributed by atoms with van der Waals surface area (Å²) in [5, 5.41) is 3.55. The molecular weight excluding hydrogens is 362 g/mol. The first kappa shape index (κ1) is 21.1. The summed E-state index contributed by atoms with van der Waals surface area (Å²) in [6.07, 6.45) is 4.65. The molecule has 2 aromatic rings. The van der Waals surface area contributed by atoms with E-state index in [1.54, 1.807) is 0 Å². The van der Waals surface area contributed by atoms with Crippen molar-refractivity contribution in [3.63, 3.8) is 0 Å². The molecule has 0 atom stereocenters. The third-order valence-corrected chi connectivity index (χ3v) is 4.76. The average Bonchev–Trinajstić information content (AvgIpc) is 2.64. The number of hydrogen-bond acceptors (Lipinski definition) is 3. The van der Waals surface area contributed by atoms with Gasteiger partial charge in [-0.15, -0.1) is 0 Å². The minimum Gasteiger partial charge on any atom is -0.494 e. The van der Waals surface area contributed by atoms with Gasteiger partial charge < -0.3 is 14.8 Å². The molecule has 2 rings (SSSR count). The van der Waals surface area contributed by atoms with E-state index in [1.165, 1.54) is 19.3 Å². The van der Waals surface area contributed by atoms with E-state index < -0.39 is 0 Å². The van der Waals surface area contributed by atoms with Crippen molar-refractivity contribution >= 4 is 23.2 Å². The monoisotopic (exact) mass is 389 g/mol. The van der Waals surface area contributed by atoms with Crippen molar-refractivity contribution in [2.24, 2.45) is 0 Å². The molecule has 146 valence electrons. The van der Waals surface area contributed by atoms with Crippen molar-refractivity contribution in [1.82, 2.24) is 0 Å². The Morgan fingerprint density at radius 1 is 1.00 bits per heavy atom. The number of ether oxygens (including phenoxy) is 2. The van der Waals surface area contributed by atoms with Gasteiger partial charge in [-0.3, -0.25) is 4.79 Å². The lowest BCUT2D eigenvalue weighted by Gasteiger charge is -2.11. The van der Waals surface area contributed by atoms with Gasteiger partial charge in [-0.05, 0) is 55.7 Å². The van der Waals surface area contributed by atoms with Crippen molar-refractivity contribution in [3.05, 3.63) is 52.5 Å². The second kappa shape index (κ2) is 10.8. The summed E-state index contributed by atoms with van der Waals surface area (Å²) < 4.78 is 11.3. The molecule has 1 N–H and O–H groups in total. The number of benzene rings is 2. The van der Waals surface area contributed by atoms with E-state index in [0.29, 0.717) is 18.0 Å². The van der Waals surface area contributed by atoms with Gasteiger partial charge in [0.1, 0.15) is 11.5 Å². The SMILES string of the molecule is CCCCCCOc1cccc(NC(=O)COc2cc(C)c(Cl)c(C)c2)c1. The predicted molar refractivity (Wildman–Crippen MR) is 111 cm³/mol. The number of carbonyl (C=O) groups is 1. The van der Waals surface area contributed by atoms with Gasteiger partial charge in [0.05, 0.1) is 6.61 Å². The van der Waals surface area contributed by atoms with Crippen LogP contribution in [0.15, 0.2) is 36.4 Å². The van der Waals surface area contributed by atoms with Crippen LogP contribution in [0.3, 0.4) is 0 Å². The van der Waals surface area contributed by atoms with Gasteiger partial charge in [0.15, 0.2) is 6.61 Å². The largest absolute Gasteiger partial charge is 0.494 e. The van der Waals surface area contributed by atoms with Crippen molar-refractivity contribution in [3.8, 4) is 11.5 Å². The number of halogens is 1. The van der Waals surface area contributed by atoms with Crippen LogP contribution in [0.5, 0.6) is 11.5 Å². The molecule has 2 aromatic carbocycles. The maximum Gasteiger partial charge on any atom is 0.262 e. The second-order valence-electron chi connectivity index (χ2n) is 6.64. The highest BCUT2D eigenvalue weighted by Crippen LogP contribution is 2.26. The van der Waals surface area contributed by atoms with Gasteiger partial charge in [-0.1, -0.05) is 43.9 Å². The molecule has 0 unspecified atom stereocenters. The molecule has 27 heavy (non-hydrogen) atoms. The molecule has 0 aromatic heterocycles. The number of rotatable bonds is 10. The number of hydrogen-bond donors (Lipinski definition) is 1. The molecule has 4 nitrogen and oxygen atoms in total. The molecule has 0 spiro atoms. The van der Waals surface area contributed by atoms with Crippen LogP contribution in [0.25, 0.3) is 0 Å². The van der Waals surface area contributed by atoms with Gasteiger partial charge in [0, 0.05) is 16.8 Å². The van der Waals surface area contributed by atoms with Gasteiger partial charge in [-0.25, -0.2) is 0 Å². The number of aryl methyl sites for hydroxylation is 2. The van der Waals surface area contributed by atoms with Gasteiger partial charge in [0.2, 0.25) is 0 Å². The Balaban J connectivity index is 1.82. The van der Waals surface area contributed by atoms with Crippen LogP contribution >= 0.6 is 11.6 Å². The first-order valence-electron chi connectivity index (χ1n) is 9.42. The molecule has 0 heterocycles. The van der Waals surface area contributed by atoms with Crippen molar-refractivity contribution < 1.29 is 14.3 Å². The molecule has 0 aliphatic heterocycles. The van der Waals surface area contributed by atoms with E-state index in [4.69, 9.17) is 21.1 Å². The van der Waals surface area contributed by atoms with Crippen LogP contribution in [0, 0.1) is 13.8 Å². The van der Waals surface area contributed by atoms with Gasteiger partial charge in [0.25, 0.3) is 5.91 Å². The molecule has 1 amide bonds.